The Morgan fingerprint density at radius 2 is 1.77 bits per heavy atom. The molecule has 0 amide bonds. The molecular formula is C22H18F4N6O2S. The molecular weight excluding hydrogens is 488 g/mol. The van der Waals surface area contributed by atoms with Crippen LogP contribution in [0.3, 0.4) is 0 Å². The molecule has 1 aromatic heterocycles. The van der Waals surface area contributed by atoms with E-state index in [1.165, 1.54) is 43.4 Å². The van der Waals surface area contributed by atoms with E-state index in [9.17, 15) is 26.0 Å². The summed E-state index contributed by atoms with van der Waals surface area (Å²) in [5.41, 5.74) is -0.0231. The topological polar surface area (TPSA) is 102 Å². The molecule has 35 heavy (non-hydrogen) atoms. The molecule has 0 atom stereocenters. The van der Waals surface area contributed by atoms with E-state index in [0.717, 1.165) is 16.9 Å². The Bertz CT molecular complexity index is 1470. The second-order valence-corrected chi connectivity index (χ2v) is 9.24. The van der Waals surface area contributed by atoms with Crippen LogP contribution in [0, 0.1) is 5.82 Å². The van der Waals surface area contributed by atoms with Crippen molar-refractivity contribution in [1.82, 2.24) is 24.9 Å². The Labute approximate surface area is 197 Å². The SMILES string of the molecule is CNS(=O)(=O)c1ccc(Nc2cccc(C(F)(F)F)c2)c(-c2nnn(Cc3ccccc3F)n2)c1. The summed E-state index contributed by atoms with van der Waals surface area (Å²) < 4.78 is 80.2. The number of rotatable bonds is 7. The smallest absolute Gasteiger partial charge is 0.355 e. The van der Waals surface area contributed by atoms with Crippen LogP contribution in [0.1, 0.15) is 11.1 Å². The first-order valence-electron chi connectivity index (χ1n) is 10.1. The van der Waals surface area contributed by atoms with Crippen molar-refractivity contribution < 1.29 is 26.0 Å². The molecule has 0 aliphatic heterocycles. The maximum Gasteiger partial charge on any atom is 0.416 e. The number of halogens is 4. The lowest BCUT2D eigenvalue weighted by molar-refractivity contribution is -0.137. The lowest BCUT2D eigenvalue weighted by Gasteiger charge is -2.14. The van der Waals surface area contributed by atoms with Crippen molar-refractivity contribution in [3.05, 3.63) is 83.7 Å². The lowest BCUT2D eigenvalue weighted by atomic mass is 10.1. The van der Waals surface area contributed by atoms with Gasteiger partial charge in [0.15, 0.2) is 0 Å². The second-order valence-electron chi connectivity index (χ2n) is 7.35. The Hall–Kier alpha value is -3.84. The number of anilines is 2. The van der Waals surface area contributed by atoms with Crippen LogP contribution in [-0.4, -0.2) is 35.7 Å². The van der Waals surface area contributed by atoms with Gasteiger partial charge < -0.3 is 5.32 Å². The molecule has 4 aromatic rings. The fourth-order valence-corrected chi connectivity index (χ4v) is 3.98. The quantitative estimate of drug-likeness (QED) is 0.365. The largest absolute Gasteiger partial charge is 0.416 e. The van der Waals surface area contributed by atoms with Crippen molar-refractivity contribution in [2.75, 3.05) is 12.4 Å². The molecule has 182 valence electrons. The zero-order chi connectivity index (χ0) is 25.2. The number of nitrogens with one attached hydrogen (secondary N) is 2. The van der Waals surface area contributed by atoms with Crippen LogP contribution in [0.2, 0.25) is 0 Å². The van der Waals surface area contributed by atoms with Gasteiger partial charge in [0.25, 0.3) is 0 Å². The minimum atomic E-state index is -4.54. The van der Waals surface area contributed by atoms with E-state index in [0.29, 0.717) is 5.56 Å². The van der Waals surface area contributed by atoms with Gasteiger partial charge in [0, 0.05) is 22.5 Å². The summed E-state index contributed by atoms with van der Waals surface area (Å²) in [5, 5.41) is 14.9. The van der Waals surface area contributed by atoms with Gasteiger partial charge in [-0.15, -0.1) is 10.2 Å². The summed E-state index contributed by atoms with van der Waals surface area (Å²) in [7, 11) is -2.61. The molecule has 3 aromatic carbocycles. The van der Waals surface area contributed by atoms with Crippen molar-refractivity contribution >= 4 is 21.4 Å². The van der Waals surface area contributed by atoms with Crippen LogP contribution in [0.5, 0.6) is 0 Å². The number of tetrazole rings is 1. The van der Waals surface area contributed by atoms with Crippen LogP contribution in [0.15, 0.2) is 71.6 Å². The third-order valence-corrected chi connectivity index (χ3v) is 6.41. The van der Waals surface area contributed by atoms with Gasteiger partial charge in [-0.05, 0) is 54.7 Å². The van der Waals surface area contributed by atoms with Gasteiger partial charge in [0.05, 0.1) is 17.0 Å². The number of alkyl halides is 3. The zero-order valence-electron chi connectivity index (χ0n) is 18.1. The third kappa shape index (κ3) is 5.46. The minimum absolute atomic E-state index is 0.0102. The number of hydrogen-bond donors (Lipinski definition) is 2. The van der Waals surface area contributed by atoms with Crippen molar-refractivity contribution in [1.29, 1.82) is 0 Å². The van der Waals surface area contributed by atoms with Crippen molar-refractivity contribution in [2.24, 2.45) is 0 Å². The summed E-state index contributed by atoms with van der Waals surface area (Å²) in [4.78, 5) is 1.01. The molecule has 2 N–H and O–H groups in total. The fourth-order valence-electron chi connectivity index (χ4n) is 3.23. The van der Waals surface area contributed by atoms with Gasteiger partial charge in [0.1, 0.15) is 5.82 Å². The normalized spacial score (nSPS) is 12.0. The standard InChI is InChI=1S/C22H18F4N6O2S/c1-27-35(33,34)17-9-10-20(28-16-7-4-6-15(11-16)22(24,25)26)18(12-17)21-29-31-32(30-21)13-14-5-2-3-8-19(14)23/h2-12,27-28H,13H2,1H3. The third-order valence-electron chi connectivity index (χ3n) is 5.00. The number of hydrogen-bond acceptors (Lipinski definition) is 6. The predicted octanol–water partition coefficient (Wildman–Crippen LogP) is 4.20. The van der Waals surface area contributed by atoms with Crippen LogP contribution in [0.25, 0.3) is 11.4 Å². The Morgan fingerprint density at radius 1 is 1.00 bits per heavy atom. The molecule has 0 bridgehead atoms. The molecule has 4 rings (SSSR count). The molecule has 13 heteroatoms. The first kappa shape index (κ1) is 24.3. The molecule has 0 unspecified atom stereocenters. The summed E-state index contributed by atoms with van der Waals surface area (Å²) in [6.07, 6.45) is -4.54. The lowest BCUT2D eigenvalue weighted by Crippen LogP contribution is -2.18. The van der Waals surface area contributed by atoms with E-state index in [4.69, 9.17) is 0 Å². The van der Waals surface area contributed by atoms with E-state index in [2.05, 4.69) is 25.4 Å². The minimum Gasteiger partial charge on any atom is -0.355 e. The molecule has 0 fully saturated rings. The van der Waals surface area contributed by atoms with Gasteiger partial charge >= 0.3 is 6.18 Å². The van der Waals surface area contributed by atoms with E-state index in [1.807, 2.05) is 0 Å². The van der Waals surface area contributed by atoms with Gasteiger partial charge in [-0.3, -0.25) is 0 Å². The van der Waals surface area contributed by atoms with Crippen molar-refractivity contribution in [2.45, 2.75) is 17.6 Å². The molecule has 0 aliphatic carbocycles. The maximum atomic E-state index is 14.0. The average molecular weight is 506 g/mol. The predicted molar refractivity (Wildman–Crippen MR) is 120 cm³/mol. The Morgan fingerprint density at radius 3 is 2.49 bits per heavy atom. The maximum absolute atomic E-state index is 14.0. The van der Waals surface area contributed by atoms with E-state index in [-0.39, 0.29) is 34.2 Å². The number of nitrogens with zero attached hydrogens (tertiary/aromatic N) is 4. The highest BCUT2D eigenvalue weighted by Crippen LogP contribution is 2.34. The van der Waals surface area contributed by atoms with Gasteiger partial charge in [-0.25, -0.2) is 17.5 Å². The van der Waals surface area contributed by atoms with Crippen molar-refractivity contribution in [3.63, 3.8) is 0 Å². The highest BCUT2D eigenvalue weighted by molar-refractivity contribution is 7.89. The fraction of sp³-hybridized carbons (Fsp3) is 0.136. The van der Waals surface area contributed by atoms with Gasteiger partial charge in [0.2, 0.25) is 15.8 Å². The Kier molecular flexibility index (Phi) is 6.54. The van der Waals surface area contributed by atoms with E-state index < -0.39 is 27.6 Å². The van der Waals surface area contributed by atoms with Gasteiger partial charge in [-0.2, -0.15) is 18.0 Å². The summed E-state index contributed by atoms with van der Waals surface area (Å²) in [5.74, 6) is -0.468. The van der Waals surface area contributed by atoms with E-state index in [1.54, 1.807) is 18.2 Å². The highest BCUT2D eigenvalue weighted by Gasteiger charge is 2.30. The molecule has 0 radical (unpaired) electrons. The molecule has 8 nitrogen and oxygen atoms in total. The highest BCUT2D eigenvalue weighted by atomic mass is 32.2. The first-order chi connectivity index (χ1) is 16.6. The second kappa shape index (κ2) is 9.43. The molecule has 0 spiro atoms. The zero-order valence-corrected chi connectivity index (χ0v) is 18.9. The van der Waals surface area contributed by atoms with Crippen LogP contribution < -0.4 is 10.0 Å². The van der Waals surface area contributed by atoms with E-state index >= 15 is 0 Å². The average Bonchev–Trinajstić information content (AvgIpc) is 3.29. The summed E-state index contributed by atoms with van der Waals surface area (Å²) in [6.45, 7) is -0.0371. The van der Waals surface area contributed by atoms with Crippen molar-refractivity contribution in [3.8, 4) is 11.4 Å². The summed E-state index contributed by atoms with van der Waals surface area (Å²) >= 11 is 0. The number of aromatic nitrogens is 4. The van der Waals surface area contributed by atoms with Gasteiger partial charge in [-0.1, -0.05) is 24.3 Å². The summed E-state index contributed by atoms with van der Waals surface area (Å²) in [6, 6.07) is 14.5. The molecule has 0 aliphatic rings. The Balaban J connectivity index is 1.74. The molecule has 0 saturated carbocycles. The first-order valence-corrected chi connectivity index (χ1v) is 11.6. The number of sulfonamides is 1. The van der Waals surface area contributed by atoms with Crippen LogP contribution in [-0.2, 0) is 22.7 Å². The van der Waals surface area contributed by atoms with Crippen LogP contribution >= 0.6 is 0 Å². The monoisotopic (exact) mass is 506 g/mol. The number of benzene rings is 3. The molecule has 1 heterocycles. The molecule has 0 saturated heterocycles. The van der Waals surface area contributed by atoms with Crippen LogP contribution in [0.4, 0.5) is 28.9 Å².